The number of hydrogen-bond donors (Lipinski definition) is 4. The summed E-state index contributed by atoms with van der Waals surface area (Å²) >= 11 is 0. The van der Waals surface area contributed by atoms with Gasteiger partial charge in [-0.05, 0) is 91.6 Å². The molecule has 1 aromatic heterocycles. The van der Waals surface area contributed by atoms with Gasteiger partial charge in [-0.25, -0.2) is 9.78 Å². The summed E-state index contributed by atoms with van der Waals surface area (Å²) in [6, 6.07) is 21.0. The molecule has 4 aromatic rings. The molecule has 4 rings (SSSR count). The van der Waals surface area contributed by atoms with E-state index in [-0.39, 0.29) is 12.0 Å². The van der Waals surface area contributed by atoms with Gasteiger partial charge in [0.15, 0.2) is 11.5 Å². The molecule has 0 radical (unpaired) electrons. The summed E-state index contributed by atoms with van der Waals surface area (Å²) in [5.41, 5.74) is 9.98. The number of anilines is 2. The number of alkyl halides is 3. The number of carbonyl (C=O) groups excluding carboxylic acids is 1. The SMILES string of the molecule is CCOc1cc(C(Nc2ccc3c(N)nccc3c2)C(=O)NCc2ccccc2CC(C)C)ccc1OC(C)C.O=C(O)C(F)(F)F. The number of nitrogen functional groups attached to an aromatic ring is 1. The lowest BCUT2D eigenvalue weighted by Crippen LogP contribution is -2.33. The minimum absolute atomic E-state index is 0.00675. The summed E-state index contributed by atoms with van der Waals surface area (Å²) in [6.07, 6.45) is -2.45. The zero-order chi connectivity index (χ0) is 34.7. The first-order valence-corrected chi connectivity index (χ1v) is 15.2. The molecular formula is C35H41F3N4O5. The number of carbonyl (C=O) groups is 2. The van der Waals surface area contributed by atoms with Gasteiger partial charge >= 0.3 is 12.1 Å². The molecule has 1 heterocycles. The summed E-state index contributed by atoms with van der Waals surface area (Å²) in [6.45, 7) is 11.2. The number of carboxylic acid groups (broad SMARTS) is 1. The predicted octanol–water partition coefficient (Wildman–Crippen LogP) is 7.30. The monoisotopic (exact) mass is 654 g/mol. The lowest BCUT2D eigenvalue weighted by molar-refractivity contribution is -0.192. The van der Waals surface area contributed by atoms with Crippen molar-refractivity contribution in [2.75, 3.05) is 17.7 Å². The molecule has 0 aliphatic heterocycles. The number of halogens is 3. The Hall–Kier alpha value is -5.00. The van der Waals surface area contributed by atoms with Crippen LogP contribution in [0.25, 0.3) is 10.8 Å². The van der Waals surface area contributed by atoms with E-state index < -0.39 is 18.2 Å². The van der Waals surface area contributed by atoms with Crippen molar-refractivity contribution in [3.63, 3.8) is 0 Å². The smallest absolute Gasteiger partial charge is 0.490 e. The second-order valence-electron chi connectivity index (χ2n) is 11.4. The van der Waals surface area contributed by atoms with E-state index in [0.717, 1.165) is 34.0 Å². The van der Waals surface area contributed by atoms with Crippen LogP contribution in [0, 0.1) is 5.92 Å². The third-order valence-corrected chi connectivity index (χ3v) is 6.77. The number of ether oxygens (including phenoxy) is 2. The van der Waals surface area contributed by atoms with Gasteiger partial charge in [-0.15, -0.1) is 0 Å². The molecule has 1 amide bonds. The van der Waals surface area contributed by atoms with Crippen LogP contribution in [0.5, 0.6) is 11.5 Å². The number of hydrogen-bond acceptors (Lipinski definition) is 7. The van der Waals surface area contributed by atoms with Crippen LogP contribution in [0.3, 0.4) is 0 Å². The van der Waals surface area contributed by atoms with Crippen molar-refractivity contribution in [1.29, 1.82) is 0 Å². The highest BCUT2D eigenvalue weighted by Gasteiger charge is 2.38. The van der Waals surface area contributed by atoms with Crippen LogP contribution in [0.2, 0.25) is 0 Å². The van der Waals surface area contributed by atoms with E-state index in [4.69, 9.17) is 25.1 Å². The summed E-state index contributed by atoms with van der Waals surface area (Å²) < 4.78 is 43.6. The predicted molar refractivity (Wildman–Crippen MR) is 176 cm³/mol. The van der Waals surface area contributed by atoms with Gasteiger partial charge in [-0.3, -0.25) is 4.79 Å². The van der Waals surface area contributed by atoms with Crippen molar-refractivity contribution in [1.82, 2.24) is 10.3 Å². The number of nitrogens with one attached hydrogen (secondary N) is 2. The molecule has 0 spiro atoms. The number of amides is 1. The van der Waals surface area contributed by atoms with Gasteiger partial charge in [0.2, 0.25) is 5.91 Å². The van der Waals surface area contributed by atoms with Crippen molar-refractivity contribution in [2.24, 2.45) is 5.92 Å². The minimum Gasteiger partial charge on any atom is -0.490 e. The molecule has 0 aliphatic rings. The van der Waals surface area contributed by atoms with E-state index in [1.54, 1.807) is 6.20 Å². The Kier molecular flexibility index (Phi) is 12.8. The molecule has 0 fully saturated rings. The number of aliphatic carboxylic acids is 1. The molecule has 5 N–H and O–H groups in total. The molecule has 1 atom stereocenters. The van der Waals surface area contributed by atoms with Gasteiger partial charge < -0.3 is 30.9 Å². The third-order valence-electron chi connectivity index (χ3n) is 6.77. The number of rotatable bonds is 12. The van der Waals surface area contributed by atoms with E-state index in [9.17, 15) is 18.0 Å². The average molecular weight is 655 g/mol. The number of aromatic nitrogens is 1. The Morgan fingerprint density at radius 1 is 0.957 bits per heavy atom. The Morgan fingerprint density at radius 2 is 1.64 bits per heavy atom. The van der Waals surface area contributed by atoms with Crippen LogP contribution in [-0.2, 0) is 22.6 Å². The molecule has 47 heavy (non-hydrogen) atoms. The lowest BCUT2D eigenvalue weighted by atomic mass is 9.98. The van der Waals surface area contributed by atoms with Gasteiger partial charge in [0, 0.05) is 23.8 Å². The molecule has 0 aliphatic carbocycles. The maximum absolute atomic E-state index is 13.8. The number of nitrogens with zero attached hydrogens (tertiary/aromatic N) is 1. The number of pyridine rings is 1. The fourth-order valence-corrected chi connectivity index (χ4v) is 4.74. The molecule has 3 aromatic carbocycles. The molecule has 252 valence electrons. The van der Waals surface area contributed by atoms with E-state index in [1.807, 2.05) is 75.4 Å². The fourth-order valence-electron chi connectivity index (χ4n) is 4.74. The topological polar surface area (TPSA) is 136 Å². The molecule has 9 nitrogen and oxygen atoms in total. The number of benzene rings is 3. The number of fused-ring (bicyclic) bond motifs is 1. The van der Waals surface area contributed by atoms with Crippen LogP contribution in [0.4, 0.5) is 24.7 Å². The summed E-state index contributed by atoms with van der Waals surface area (Å²) in [7, 11) is 0. The first-order chi connectivity index (χ1) is 22.2. The first kappa shape index (κ1) is 36.5. The van der Waals surface area contributed by atoms with Crippen LogP contribution < -0.4 is 25.8 Å². The van der Waals surface area contributed by atoms with Crippen LogP contribution >= 0.6 is 0 Å². The maximum Gasteiger partial charge on any atom is 0.490 e. The quantitative estimate of drug-likeness (QED) is 0.125. The van der Waals surface area contributed by atoms with Crippen molar-refractivity contribution < 1.29 is 37.3 Å². The third kappa shape index (κ3) is 10.8. The summed E-state index contributed by atoms with van der Waals surface area (Å²) in [4.78, 5) is 26.9. The van der Waals surface area contributed by atoms with E-state index in [2.05, 4.69) is 41.6 Å². The lowest BCUT2D eigenvalue weighted by Gasteiger charge is -2.23. The van der Waals surface area contributed by atoms with Gasteiger partial charge in [0.25, 0.3) is 0 Å². The van der Waals surface area contributed by atoms with E-state index >= 15 is 0 Å². The van der Waals surface area contributed by atoms with E-state index in [0.29, 0.717) is 36.4 Å². The van der Waals surface area contributed by atoms with Crippen molar-refractivity contribution >= 4 is 34.2 Å². The number of carboxylic acids is 1. The first-order valence-electron chi connectivity index (χ1n) is 15.2. The van der Waals surface area contributed by atoms with Crippen molar-refractivity contribution in [3.8, 4) is 11.5 Å². The minimum atomic E-state index is -5.08. The van der Waals surface area contributed by atoms with Crippen molar-refractivity contribution in [2.45, 2.75) is 65.9 Å². The Bertz CT molecular complexity index is 1660. The van der Waals surface area contributed by atoms with E-state index in [1.165, 1.54) is 5.56 Å². The Morgan fingerprint density at radius 3 is 2.26 bits per heavy atom. The molecule has 0 saturated carbocycles. The zero-order valence-corrected chi connectivity index (χ0v) is 27.0. The van der Waals surface area contributed by atoms with Gasteiger partial charge in [-0.1, -0.05) is 44.2 Å². The highest BCUT2D eigenvalue weighted by Crippen LogP contribution is 2.33. The van der Waals surface area contributed by atoms with Crippen molar-refractivity contribution in [3.05, 3.63) is 89.6 Å². The zero-order valence-electron chi connectivity index (χ0n) is 27.0. The second-order valence-corrected chi connectivity index (χ2v) is 11.4. The summed E-state index contributed by atoms with van der Waals surface area (Å²) in [5.74, 6) is -0.655. The largest absolute Gasteiger partial charge is 0.490 e. The molecule has 0 saturated heterocycles. The fraction of sp³-hybridized carbons (Fsp3) is 0.343. The molecule has 0 bridgehead atoms. The molecule has 1 unspecified atom stereocenters. The Balaban J connectivity index is 0.000000771. The average Bonchev–Trinajstić information content (AvgIpc) is 3.00. The number of nitrogens with two attached hydrogens (primary N) is 1. The highest BCUT2D eigenvalue weighted by atomic mass is 19.4. The standard InChI is InChI=1S/C33H40N4O3.C2HF3O2/c1-6-39-30-19-25(11-14-29(30)40-22(4)5)31(37-27-12-13-28-24(18-27)15-16-35-32(28)34)33(38)36-20-26-10-8-7-9-23(26)17-21(2)3;3-2(4,5)1(6)7/h7-16,18-19,21-22,31,37H,6,17,20H2,1-5H3,(H2,34,35)(H,36,38);(H,6,7). The molecule has 12 heteroatoms. The Labute approximate surface area is 272 Å². The normalized spacial score (nSPS) is 11.9. The van der Waals surface area contributed by atoms with Gasteiger partial charge in [0.05, 0.1) is 12.7 Å². The summed E-state index contributed by atoms with van der Waals surface area (Å²) in [5, 5.41) is 15.6. The molecular weight excluding hydrogens is 613 g/mol. The van der Waals surface area contributed by atoms with Gasteiger partial charge in [0.1, 0.15) is 11.9 Å². The maximum atomic E-state index is 13.8. The van der Waals surface area contributed by atoms with Gasteiger partial charge in [-0.2, -0.15) is 13.2 Å². The second kappa shape index (κ2) is 16.5. The highest BCUT2D eigenvalue weighted by molar-refractivity contribution is 5.94. The van der Waals surface area contributed by atoms with Crippen LogP contribution in [-0.4, -0.2) is 40.9 Å². The van der Waals surface area contributed by atoms with Crippen LogP contribution in [0.15, 0.2) is 72.9 Å². The van der Waals surface area contributed by atoms with Crippen LogP contribution in [0.1, 0.15) is 57.4 Å².